The molecule has 36 heteroatoms. The molecule has 636 valence electrons. The summed E-state index contributed by atoms with van der Waals surface area (Å²) in [5, 5.41) is 73.8. The van der Waals surface area contributed by atoms with Crippen LogP contribution in [0.1, 0.15) is 87.9 Å². The number of imidazole rings is 1. The van der Waals surface area contributed by atoms with Gasteiger partial charge in [0.25, 0.3) is 0 Å². The number of likely N-dealkylation sites (N-methyl/N-ethyl adjacent to an activating group) is 1. The molecule has 0 radical (unpaired) electrons. The van der Waals surface area contributed by atoms with Crippen molar-refractivity contribution in [3.05, 3.63) is 180 Å². The normalized spacial score (nSPS) is 22.2. The second kappa shape index (κ2) is 44.5. The summed E-state index contributed by atoms with van der Waals surface area (Å²) in [5.74, 6) is -15.8. The molecule has 119 heavy (non-hydrogen) atoms. The number of aromatic nitrogens is 3. The van der Waals surface area contributed by atoms with Crippen LogP contribution in [-0.2, 0) is 106 Å². The number of aromatic amines is 2. The number of carbonyl (C=O) groups excluding carboxylic acids is 14. The molecule has 1 aliphatic heterocycles. The zero-order chi connectivity index (χ0) is 86.6. The molecule has 0 aliphatic carbocycles. The van der Waals surface area contributed by atoms with Crippen LogP contribution >= 0.6 is 11.8 Å². The Bertz CT molecular complexity index is 4670. The van der Waals surface area contributed by atoms with E-state index in [2.05, 4.69) is 78.8 Å². The lowest BCUT2D eigenvalue weighted by atomic mass is 9.98. The van der Waals surface area contributed by atoms with Crippen LogP contribution in [-0.4, -0.2) is 228 Å². The number of aliphatic hydroxyl groups is 1. The number of hydrogen-bond donors (Lipinski definition) is 19. The number of nitrogens with two attached hydrogens (primary N) is 1. The van der Waals surface area contributed by atoms with Crippen LogP contribution in [0.3, 0.4) is 0 Å². The van der Waals surface area contributed by atoms with Crippen LogP contribution in [0, 0.1) is 17.8 Å². The Labute approximate surface area is 691 Å². The number of fused-ring (bicyclic) bond motifs is 1. The maximum atomic E-state index is 15.6. The summed E-state index contributed by atoms with van der Waals surface area (Å²) in [6, 6.07) is 15.5. The van der Waals surface area contributed by atoms with E-state index in [0.717, 1.165) is 16.7 Å². The first-order chi connectivity index (χ1) is 56.7. The topological polar surface area (TPSA) is 538 Å². The molecule has 0 saturated carbocycles. The van der Waals surface area contributed by atoms with Gasteiger partial charge in [-0.25, -0.2) is 4.98 Å². The monoisotopic (exact) mass is 1660 g/mol. The number of para-hydroxylation sites is 1. The number of primary amides is 1. The van der Waals surface area contributed by atoms with Gasteiger partial charge in [-0.1, -0.05) is 126 Å². The molecule has 2 aromatic heterocycles. The minimum Gasteiger partial charge on any atom is -0.508 e. The van der Waals surface area contributed by atoms with Crippen molar-refractivity contribution in [2.24, 2.45) is 23.5 Å². The number of rotatable bonds is 21. The minimum absolute atomic E-state index is 0.0510. The molecule has 20 N–H and O–H groups in total. The fourth-order valence-electron chi connectivity index (χ4n) is 13.2. The number of thioether (sulfide) groups is 1. The maximum absolute atomic E-state index is 15.6. The molecular formula is C83H105N17O18S. The number of phenolic OH excluding ortho intramolecular Hbond substituents is 3. The van der Waals surface area contributed by atoms with Crippen molar-refractivity contribution in [3.63, 3.8) is 0 Å². The molecule has 0 unspecified atom stereocenters. The van der Waals surface area contributed by atoms with Gasteiger partial charge < -0.3 is 105 Å². The average molecular weight is 1660 g/mol. The van der Waals surface area contributed by atoms with Gasteiger partial charge in [0.05, 0.1) is 31.8 Å². The largest absolute Gasteiger partial charge is 0.508 e. The zero-order valence-electron chi connectivity index (χ0n) is 67.0. The Hall–Kier alpha value is -12.9. The number of nitrogens with one attached hydrogen (secondary N) is 14. The van der Waals surface area contributed by atoms with Gasteiger partial charge in [-0.05, 0) is 101 Å². The van der Waals surface area contributed by atoms with Gasteiger partial charge in [0.1, 0.15) is 83.7 Å². The van der Waals surface area contributed by atoms with E-state index in [1.54, 1.807) is 102 Å². The summed E-state index contributed by atoms with van der Waals surface area (Å²) in [7, 11) is 1.31. The van der Waals surface area contributed by atoms with E-state index in [4.69, 9.17) is 5.73 Å². The van der Waals surface area contributed by atoms with Crippen molar-refractivity contribution in [1.29, 1.82) is 0 Å². The van der Waals surface area contributed by atoms with Crippen molar-refractivity contribution in [1.82, 2.24) is 83.7 Å². The van der Waals surface area contributed by atoms with Crippen LogP contribution in [0.5, 0.6) is 17.2 Å². The number of amides is 14. The Morgan fingerprint density at radius 2 is 0.958 bits per heavy atom. The molecule has 1 saturated heterocycles. The van der Waals surface area contributed by atoms with Crippen LogP contribution in [0.2, 0.25) is 0 Å². The molecule has 5 aromatic carbocycles. The van der Waals surface area contributed by atoms with Crippen LogP contribution in [0.4, 0.5) is 0 Å². The summed E-state index contributed by atoms with van der Waals surface area (Å²) in [6.45, 7) is 7.54. The lowest BCUT2D eigenvalue weighted by Crippen LogP contribution is -2.61. The molecular weight excluding hydrogens is 1560 g/mol. The summed E-state index contributed by atoms with van der Waals surface area (Å²) >= 11 is 0.808. The van der Waals surface area contributed by atoms with E-state index in [9.17, 15) is 73.2 Å². The SMILES string of the molecule is CC(C)C[C@@H]1NC(=O)[C@H](Cc2ccc(O)cc2)NC(=O)[C@H](Cc2cnc[nH]2)NC(=O)CSC[C@@H](C(=O)NCC(N)=O)NC(=O)[C@H](CC(C)C)NC(=O)[C@H](Cc2ccccc2)N(C)C(=O)[C@H](Cc2ccc(O)cc2)NC(=O)[C@H](Cc2c[nH]c3ccccc23)NC(=O)CNC(=O)[C@H](CO)NC(=O)[C@H](Cc2ccc(O)cc2)NC(=O)[C@H](C(C)C)NC1=O. The summed E-state index contributed by atoms with van der Waals surface area (Å²) in [6.07, 6.45) is 2.65. The molecule has 14 amide bonds. The maximum Gasteiger partial charge on any atom is 0.245 e. The third kappa shape index (κ3) is 28.5. The van der Waals surface area contributed by atoms with Crippen molar-refractivity contribution in [2.75, 3.05) is 38.2 Å². The number of carbonyl (C=O) groups is 14. The summed E-state index contributed by atoms with van der Waals surface area (Å²) in [5.41, 5.74) is 8.68. The quantitative estimate of drug-likeness (QED) is 0.0437. The highest BCUT2D eigenvalue weighted by Gasteiger charge is 2.40. The van der Waals surface area contributed by atoms with Crippen molar-refractivity contribution >= 4 is 105 Å². The summed E-state index contributed by atoms with van der Waals surface area (Å²) in [4.78, 5) is 215. The first-order valence-corrected chi connectivity index (χ1v) is 40.1. The first kappa shape index (κ1) is 91.7. The van der Waals surface area contributed by atoms with E-state index in [1.807, 2.05) is 0 Å². The highest BCUT2D eigenvalue weighted by atomic mass is 32.2. The second-order valence-electron chi connectivity index (χ2n) is 30.4. The third-order valence-electron chi connectivity index (χ3n) is 19.5. The number of nitrogens with zero attached hydrogens (tertiary/aromatic N) is 2. The predicted molar refractivity (Wildman–Crippen MR) is 439 cm³/mol. The van der Waals surface area contributed by atoms with Crippen LogP contribution in [0.25, 0.3) is 10.9 Å². The van der Waals surface area contributed by atoms with Crippen molar-refractivity contribution < 1.29 is 87.5 Å². The number of benzene rings is 5. The number of phenols is 3. The molecule has 3 heterocycles. The van der Waals surface area contributed by atoms with E-state index in [1.165, 1.54) is 92.4 Å². The van der Waals surface area contributed by atoms with Gasteiger partial charge in [0, 0.05) is 80.3 Å². The van der Waals surface area contributed by atoms with Gasteiger partial charge in [-0.3, -0.25) is 67.1 Å². The van der Waals surface area contributed by atoms with Crippen LogP contribution < -0.4 is 69.5 Å². The molecule has 0 bridgehead atoms. The fourth-order valence-corrected chi connectivity index (χ4v) is 14.1. The lowest BCUT2D eigenvalue weighted by molar-refractivity contribution is -0.143. The average Bonchev–Trinajstić information content (AvgIpc) is 1.75. The molecule has 0 spiro atoms. The third-order valence-corrected chi connectivity index (χ3v) is 20.6. The van der Waals surface area contributed by atoms with E-state index < -0.39 is 181 Å². The molecule has 1 fully saturated rings. The first-order valence-electron chi connectivity index (χ1n) is 38.9. The van der Waals surface area contributed by atoms with E-state index in [-0.39, 0.29) is 86.2 Å². The molecule has 1 aliphatic rings. The van der Waals surface area contributed by atoms with E-state index in [0.29, 0.717) is 44.4 Å². The number of aromatic hydroxyl groups is 3. The van der Waals surface area contributed by atoms with Gasteiger partial charge >= 0.3 is 0 Å². The minimum atomic E-state index is -1.82. The fraction of sp³-hybridized carbons (Fsp3) is 0.410. The number of hydrogen-bond acceptors (Lipinski definition) is 20. The summed E-state index contributed by atoms with van der Waals surface area (Å²) < 4.78 is 0. The van der Waals surface area contributed by atoms with Gasteiger partial charge in [0.15, 0.2) is 0 Å². The Kier molecular flexibility index (Phi) is 34.2. The number of aliphatic hydroxyl groups excluding tert-OH is 1. The highest BCUT2D eigenvalue weighted by Crippen LogP contribution is 2.23. The number of H-pyrrole nitrogens is 2. The zero-order valence-corrected chi connectivity index (χ0v) is 67.8. The molecule has 7 aromatic rings. The molecule has 35 nitrogen and oxygen atoms in total. The molecule has 11 atom stereocenters. The van der Waals surface area contributed by atoms with Crippen LogP contribution in [0.15, 0.2) is 146 Å². The van der Waals surface area contributed by atoms with Gasteiger partial charge in [-0.2, -0.15) is 0 Å². The van der Waals surface area contributed by atoms with E-state index >= 15 is 14.4 Å². The molecule has 8 rings (SSSR count). The van der Waals surface area contributed by atoms with Crippen molar-refractivity contribution in [2.45, 2.75) is 159 Å². The lowest BCUT2D eigenvalue weighted by Gasteiger charge is -2.33. The Morgan fingerprint density at radius 1 is 0.496 bits per heavy atom. The predicted octanol–water partition coefficient (Wildman–Crippen LogP) is -0.356. The Balaban J connectivity index is 1.19. The van der Waals surface area contributed by atoms with Gasteiger partial charge in [-0.15, -0.1) is 11.8 Å². The smallest absolute Gasteiger partial charge is 0.245 e. The van der Waals surface area contributed by atoms with Crippen molar-refractivity contribution in [3.8, 4) is 17.2 Å². The highest BCUT2D eigenvalue weighted by molar-refractivity contribution is 8.00. The Morgan fingerprint density at radius 3 is 1.49 bits per heavy atom. The standard InChI is InChI=1S/C83H105N17O18S/c1-45(2)29-59-75(110)98-67(74(109)87-39-69(84)105)42-119-43-71(107)91-64(36-53-38-85-44-89-53)79(114)93-61(31-49-17-23-54(102)24-18-49)76(111)92-60(30-46(3)4)80(115)99-72(47(5)6)82(117)95-62(32-50-19-25-55(103)26-20-50)77(112)97-66(41-101)73(108)88-40-70(106)90-63(35-52-37-86-58-16-12-11-15-57(52)58)78(113)96-65(33-51-21-27-56(104)28-22-51)83(118)100(7)68(81(116)94-59)34-48-13-9-8-10-14-48/h8-28,37-38,44-47,59-68,72,86,101-104H,29-36,39-43H2,1-7H3,(H2,84,105)(H,85,89)(H,87,109)(H,88,108)(H,90,106)(H,91,107)(H,92,111)(H,93,114)(H,94,116)(H,95,117)(H,96,113)(H,97,112)(H,98,110)(H,99,115)/t59-,60-,61-,62-,63-,64-,65-,66-,67-,68-,72-/m0/s1. The van der Waals surface area contributed by atoms with Gasteiger partial charge in [0.2, 0.25) is 82.7 Å². The second-order valence-corrected chi connectivity index (χ2v) is 31.4.